The zero-order valence-corrected chi connectivity index (χ0v) is 10.7. The highest BCUT2D eigenvalue weighted by molar-refractivity contribution is 8.13. The minimum Gasteiger partial charge on any atom is -0.461 e. The van der Waals surface area contributed by atoms with Crippen LogP contribution in [0.3, 0.4) is 0 Å². The maximum absolute atomic E-state index is 11.9. The van der Waals surface area contributed by atoms with Crippen LogP contribution in [0.4, 0.5) is 0 Å². The van der Waals surface area contributed by atoms with Gasteiger partial charge in [0.25, 0.3) is 9.05 Å². The van der Waals surface area contributed by atoms with Gasteiger partial charge in [-0.2, -0.15) is 0 Å². The van der Waals surface area contributed by atoms with Gasteiger partial charge in [-0.05, 0) is 32.0 Å². The average Bonchev–Trinajstić information content (AvgIpc) is 2.24. The third kappa shape index (κ3) is 2.08. The Morgan fingerprint density at radius 1 is 1.24 bits per heavy atom. The zero-order valence-electron chi connectivity index (χ0n) is 9.15. The van der Waals surface area contributed by atoms with E-state index in [0.717, 1.165) is 0 Å². The molecule has 0 atom stereocenters. The summed E-state index contributed by atoms with van der Waals surface area (Å²) in [6.07, 6.45) is 0. The second kappa shape index (κ2) is 3.85. The first-order chi connectivity index (χ1) is 7.80. The van der Waals surface area contributed by atoms with Crippen LogP contribution in [0.25, 0.3) is 11.0 Å². The van der Waals surface area contributed by atoms with Crippen molar-refractivity contribution >= 4 is 30.7 Å². The van der Waals surface area contributed by atoms with Crippen molar-refractivity contribution < 1.29 is 12.8 Å². The summed E-state index contributed by atoms with van der Waals surface area (Å²) in [5.74, 6) is 0.518. The van der Waals surface area contributed by atoms with Crippen molar-refractivity contribution in [3.63, 3.8) is 0 Å². The van der Waals surface area contributed by atoms with Crippen LogP contribution in [0.5, 0.6) is 0 Å². The summed E-state index contributed by atoms with van der Waals surface area (Å²) < 4.78 is 27.7. The van der Waals surface area contributed by atoms with E-state index in [1.54, 1.807) is 13.8 Å². The molecule has 0 aliphatic carbocycles. The predicted octanol–water partition coefficient (Wildman–Crippen LogP) is 2.34. The fourth-order valence-corrected chi connectivity index (χ4v) is 2.31. The zero-order chi connectivity index (χ0) is 12.8. The summed E-state index contributed by atoms with van der Waals surface area (Å²) >= 11 is 0. The molecule has 0 spiro atoms. The van der Waals surface area contributed by atoms with E-state index >= 15 is 0 Å². The summed E-state index contributed by atoms with van der Waals surface area (Å²) in [5.41, 5.74) is 0.565. The molecule has 2 aromatic rings. The summed E-state index contributed by atoms with van der Waals surface area (Å²) in [6.45, 7) is 3.31. The predicted molar refractivity (Wildman–Crippen MR) is 65.0 cm³/mol. The first-order valence-corrected chi connectivity index (χ1v) is 7.10. The Balaban J connectivity index is 2.92. The van der Waals surface area contributed by atoms with E-state index in [0.29, 0.717) is 16.9 Å². The third-order valence-corrected chi connectivity index (χ3v) is 3.96. The second-order valence-electron chi connectivity index (χ2n) is 3.71. The average molecular weight is 273 g/mol. The van der Waals surface area contributed by atoms with Gasteiger partial charge in [0.15, 0.2) is 5.43 Å². The molecule has 0 fully saturated rings. The van der Waals surface area contributed by atoms with Gasteiger partial charge in [-0.15, -0.1) is 0 Å². The van der Waals surface area contributed by atoms with E-state index in [9.17, 15) is 13.2 Å². The maximum Gasteiger partial charge on any atom is 0.261 e. The fourth-order valence-electron chi connectivity index (χ4n) is 1.53. The number of halogens is 1. The molecule has 1 heterocycles. The number of aryl methyl sites for hydroxylation is 1. The van der Waals surface area contributed by atoms with Crippen LogP contribution in [0.15, 0.2) is 32.3 Å². The van der Waals surface area contributed by atoms with Gasteiger partial charge in [0.2, 0.25) is 0 Å². The van der Waals surface area contributed by atoms with E-state index in [1.807, 2.05) is 0 Å². The number of fused-ring (bicyclic) bond motifs is 1. The van der Waals surface area contributed by atoms with Gasteiger partial charge in [0.1, 0.15) is 11.3 Å². The number of rotatable bonds is 1. The number of hydrogen-bond donors (Lipinski definition) is 0. The van der Waals surface area contributed by atoms with Crippen molar-refractivity contribution in [2.75, 3.05) is 0 Å². The molecular formula is C11H9ClO4S. The number of hydrogen-bond acceptors (Lipinski definition) is 4. The molecule has 0 aliphatic heterocycles. The second-order valence-corrected chi connectivity index (χ2v) is 6.27. The van der Waals surface area contributed by atoms with Crippen molar-refractivity contribution in [3.8, 4) is 0 Å². The molecule has 0 unspecified atom stereocenters. The van der Waals surface area contributed by atoms with Crippen molar-refractivity contribution in [1.29, 1.82) is 0 Å². The molecule has 0 amide bonds. The van der Waals surface area contributed by atoms with Gasteiger partial charge in [0.05, 0.1) is 10.3 Å². The van der Waals surface area contributed by atoms with E-state index in [2.05, 4.69) is 0 Å². The lowest BCUT2D eigenvalue weighted by Crippen LogP contribution is -2.07. The lowest BCUT2D eigenvalue weighted by Gasteiger charge is -2.03. The highest BCUT2D eigenvalue weighted by Crippen LogP contribution is 2.21. The molecule has 0 radical (unpaired) electrons. The molecule has 90 valence electrons. The van der Waals surface area contributed by atoms with E-state index in [-0.39, 0.29) is 15.7 Å². The molecule has 1 aromatic carbocycles. The quantitative estimate of drug-likeness (QED) is 0.748. The Morgan fingerprint density at radius 3 is 2.47 bits per heavy atom. The van der Waals surface area contributed by atoms with Crippen LogP contribution in [-0.2, 0) is 9.05 Å². The summed E-state index contributed by atoms with van der Waals surface area (Å²) in [4.78, 5) is 11.8. The van der Waals surface area contributed by atoms with Crippen LogP contribution in [0.1, 0.15) is 11.3 Å². The SMILES string of the molecule is Cc1oc2ccc(S(=O)(=O)Cl)cc2c(=O)c1C. The summed E-state index contributed by atoms with van der Waals surface area (Å²) in [5, 5.41) is 0.217. The molecule has 0 saturated carbocycles. The van der Waals surface area contributed by atoms with Crippen molar-refractivity contribution in [2.24, 2.45) is 0 Å². The van der Waals surface area contributed by atoms with Crippen molar-refractivity contribution in [1.82, 2.24) is 0 Å². The highest BCUT2D eigenvalue weighted by Gasteiger charge is 2.14. The molecule has 17 heavy (non-hydrogen) atoms. The third-order valence-electron chi connectivity index (χ3n) is 2.61. The van der Waals surface area contributed by atoms with Crippen LogP contribution in [-0.4, -0.2) is 8.42 Å². The first-order valence-electron chi connectivity index (χ1n) is 4.79. The van der Waals surface area contributed by atoms with E-state index < -0.39 is 9.05 Å². The van der Waals surface area contributed by atoms with Gasteiger partial charge in [-0.1, -0.05) is 0 Å². The lowest BCUT2D eigenvalue weighted by atomic mass is 10.1. The largest absolute Gasteiger partial charge is 0.461 e. The topological polar surface area (TPSA) is 64.3 Å². The van der Waals surface area contributed by atoms with Crippen LogP contribution < -0.4 is 5.43 Å². The van der Waals surface area contributed by atoms with Gasteiger partial charge in [-0.25, -0.2) is 8.42 Å². The maximum atomic E-state index is 11.9. The van der Waals surface area contributed by atoms with E-state index in [4.69, 9.17) is 15.1 Å². The van der Waals surface area contributed by atoms with Crippen LogP contribution >= 0.6 is 10.7 Å². The Bertz CT molecular complexity index is 759. The molecule has 0 aliphatic rings. The Morgan fingerprint density at radius 2 is 1.88 bits per heavy atom. The molecule has 0 N–H and O–H groups in total. The Kier molecular flexibility index (Phi) is 2.75. The molecule has 0 bridgehead atoms. The minimum absolute atomic E-state index is 0.109. The minimum atomic E-state index is -3.84. The molecule has 6 heteroatoms. The summed E-state index contributed by atoms with van der Waals surface area (Å²) in [7, 11) is 1.38. The molecular weight excluding hydrogens is 264 g/mol. The molecule has 2 rings (SSSR count). The van der Waals surface area contributed by atoms with Gasteiger partial charge in [0, 0.05) is 16.2 Å². The van der Waals surface area contributed by atoms with Crippen LogP contribution in [0.2, 0.25) is 0 Å². The van der Waals surface area contributed by atoms with Gasteiger partial charge < -0.3 is 4.42 Å². The fraction of sp³-hybridized carbons (Fsp3) is 0.182. The highest BCUT2D eigenvalue weighted by atomic mass is 35.7. The molecule has 1 aromatic heterocycles. The molecule has 4 nitrogen and oxygen atoms in total. The Labute approximate surface area is 102 Å². The number of benzene rings is 1. The Hall–Kier alpha value is -1.33. The van der Waals surface area contributed by atoms with E-state index in [1.165, 1.54) is 18.2 Å². The van der Waals surface area contributed by atoms with Crippen molar-refractivity contribution in [3.05, 3.63) is 39.7 Å². The standard InChI is InChI=1S/C11H9ClO4S/c1-6-7(2)16-10-4-3-8(17(12,14)15)5-9(10)11(6)13/h3-5H,1-2H3. The van der Waals surface area contributed by atoms with Crippen molar-refractivity contribution in [2.45, 2.75) is 18.7 Å². The first kappa shape index (κ1) is 12.1. The normalized spacial score (nSPS) is 11.9. The lowest BCUT2D eigenvalue weighted by molar-refractivity contribution is 0.558. The van der Waals surface area contributed by atoms with Gasteiger partial charge in [-0.3, -0.25) is 4.79 Å². The summed E-state index contributed by atoms with van der Waals surface area (Å²) in [6, 6.07) is 3.97. The van der Waals surface area contributed by atoms with Crippen LogP contribution in [0, 0.1) is 13.8 Å². The smallest absolute Gasteiger partial charge is 0.261 e. The molecule has 0 saturated heterocycles. The van der Waals surface area contributed by atoms with Gasteiger partial charge >= 0.3 is 0 Å². The monoisotopic (exact) mass is 272 g/mol.